The highest BCUT2D eigenvalue weighted by atomic mass is 15.3. The highest BCUT2D eigenvalue weighted by molar-refractivity contribution is 5.88. The van der Waals surface area contributed by atoms with Crippen LogP contribution in [0.15, 0.2) is 142 Å². The lowest BCUT2D eigenvalue weighted by Gasteiger charge is -2.38. The molecule has 0 aromatic heterocycles. The SMILES string of the molecule is C1=CC2=C(C=C(C3NC(C4C=CC5=C(C=CCC5)C4)=NC(C4=CCC(c5ccc6ccccc6c5)C=C4)N3)CC2)CC1. The zero-order valence-corrected chi connectivity index (χ0v) is 24.2. The lowest BCUT2D eigenvalue weighted by atomic mass is 9.83. The van der Waals surface area contributed by atoms with Gasteiger partial charge in [-0.15, -0.1) is 0 Å². The van der Waals surface area contributed by atoms with Crippen molar-refractivity contribution in [2.45, 2.75) is 69.6 Å². The summed E-state index contributed by atoms with van der Waals surface area (Å²) in [6, 6.07) is 15.6. The number of hydrogen-bond donors (Lipinski definition) is 2. The Morgan fingerprint density at radius 3 is 2.40 bits per heavy atom. The van der Waals surface area contributed by atoms with Gasteiger partial charge in [-0.1, -0.05) is 103 Å². The first-order valence-corrected chi connectivity index (χ1v) is 15.9. The van der Waals surface area contributed by atoms with Crippen molar-refractivity contribution in [2.75, 3.05) is 0 Å². The maximum atomic E-state index is 5.36. The molecule has 2 aromatic rings. The summed E-state index contributed by atoms with van der Waals surface area (Å²) in [4.78, 5) is 5.36. The van der Waals surface area contributed by atoms with E-state index in [1.54, 1.807) is 0 Å². The van der Waals surface area contributed by atoms with Crippen molar-refractivity contribution >= 4 is 16.6 Å². The van der Waals surface area contributed by atoms with Gasteiger partial charge in [0.15, 0.2) is 0 Å². The minimum Gasteiger partial charge on any atom is -0.354 e. The zero-order valence-electron chi connectivity index (χ0n) is 24.2. The average Bonchev–Trinajstić information content (AvgIpc) is 3.07. The van der Waals surface area contributed by atoms with Crippen LogP contribution in [0.1, 0.15) is 62.8 Å². The van der Waals surface area contributed by atoms with Crippen molar-refractivity contribution in [1.29, 1.82) is 0 Å². The minimum atomic E-state index is -0.0479. The number of nitrogens with zero attached hydrogens (tertiary/aromatic N) is 1. The fourth-order valence-electron chi connectivity index (χ4n) is 7.45. The van der Waals surface area contributed by atoms with Gasteiger partial charge in [0.05, 0.1) is 0 Å². The van der Waals surface area contributed by atoms with Crippen LogP contribution in [-0.2, 0) is 0 Å². The van der Waals surface area contributed by atoms with Gasteiger partial charge in [-0.3, -0.25) is 5.32 Å². The topological polar surface area (TPSA) is 36.4 Å². The normalized spacial score (nSPS) is 28.6. The number of rotatable bonds is 4. The fourth-order valence-corrected chi connectivity index (χ4v) is 7.45. The summed E-state index contributed by atoms with van der Waals surface area (Å²) in [5, 5.41) is 10.4. The van der Waals surface area contributed by atoms with E-state index in [1.165, 1.54) is 49.8 Å². The van der Waals surface area contributed by atoms with Crippen molar-refractivity contribution in [3.05, 3.63) is 142 Å². The Kier molecular flexibility index (Phi) is 6.76. The highest BCUT2D eigenvalue weighted by Crippen LogP contribution is 2.36. The Labute approximate surface area is 249 Å². The van der Waals surface area contributed by atoms with Crippen molar-refractivity contribution < 1.29 is 0 Å². The van der Waals surface area contributed by atoms with Crippen LogP contribution in [0, 0.1) is 5.92 Å². The third kappa shape index (κ3) is 5.01. The van der Waals surface area contributed by atoms with E-state index in [1.807, 2.05) is 0 Å². The van der Waals surface area contributed by atoms with Crippen LogP contribution < -0.4 is 10.6 Å². The number of allylic oxidation sites excluding steroid dienone is 12. The molecule has 210 valence electrons. The van der Waals surface area contributed by atoms with Crippen LogP contribution in [0.25, 0.3) is 10.8 Å². The van der Waals surface area contributed by atoms with Crippen molar-refractivity contribution in [2.24, 2.45) is 10.9 Å². The summed E-state index contributed by atoms with van der Waals surface area (Å²) in [6.45, 7) is 0. The molecule has 0 saturated heterocycles. The van der Waals surface area contributed by atoms with E-state index in [-0.39, 0.29) is 18.2 Å². The van der Waals surface area contributed by atoms with Gasteiger partial charge in [0.25, 0.3) is 0 Å². The first kappa shape index (κ1) is 25.7. The van der Waals surface area contributed by atoms with E-state index in [4.69, 9.17) is 4.99 Å². The molecular formula is C39H39N3. The Morgan fingerprint density at radius 1 is 0.714 bits per heavy atom. The molecule has 3 nitrogen and oxygen atoms in total. The van der Waals surface area contributed by atoms with E-state index in [9.17, 15) is 0 Å². The predicted molar refractivity (Wildman–Crippen MR) is 175 cm³/mol. The van der Waals surface area contributed by atoms with Crippen LogP contribution in [-0.4, -0.2) is 18.2 Å². The molecule has 2 aromatic carbocycles. The molecule has 5 aliphatic carbocycles. The summed E-state index contributed by atoms with van der Waals surface area (Å²) >= 11 is 0. The number of benzene rings is 2. The maximum Gasteiger partial charge on any atom is 0.129 e. The predicted octanol–water partition coefficient (Wildman–Crippen LogP) is 8.64. The smallest absolute Gasteiger partial charge is 0.129 e. The standard InChI is InChI=1S/C39H39N3/c1-4-10-31-23-34(20-15-26(31)7-1)29-13-18-30(19-14-29)37-40-38(35-21-16-27-8-2-5-11-32(27)24-35)42-39(41-37)36-22-17-28-9-3-6-12-33(28)25-36/h1-2,4,6-8,10,12-13,15,17-20,22-24,29,36-38,40H,3,5,9,11,14,16,21,25H2,(H,41,42). The molecule has 42 heavy (non-hydrogen) atoms. The van der Waals surface area contributed by atoms with E-state index in [0.717, 1.165) is 57.2 Å². The molecule has 3 heteroatoms. The van der Waals surface area contributed by atoms with Crippen LogP contribution in [0.2, 0.25) is 0 Å². The fraction of sp³-hybridized carbons (Fsp3) is 0.308. The first-order valence-electron chi connectivity index (χ1n) is 15.9. The van der Waals surface area contributed by atoms with Gasteiger partial charge in [0, 0.05) is 11.8 Å². The van der Waals surface area contributed by atoms with E-state index in [2.05, 4.69) is 114 Å². The van der Waals surface area contributed by atoms with E-state index < -0.39 is 0 Å². The summed E-state index contributed by atoms with van der Waals surface area (Å²) in [6.07, 6.45) is 32.7. The summed E-state index contributed by atoms with van der Waals surface area (Å²) in [5.74, 6) is 1.81. The Hall–Kier alpha value is -3.95. The first-order chi connectivity index (χ1) is 20.8. The third-order valence-electron chi connectivity index (χ3n) is 9.89. The summed E-state index contributed by atoms with van der Waals surface area (Å²) in [7, 11) is 0. The van der Waals surface area contributed by atoms with Gasteiger partial charge in [-0.05, 0) is 101 Å². The Morgan fingerprint density at radius 2 is 1.52 bits per heavy atom. The molecule has 6 aliphatic rings. The third-order valence-corrected chi connectivity index (χ3v) is 9.89. The van der Waals surface area contributed by atoms with Gasteiger partial charge in [0.1, 0.15) is 18.2 Å². The molecular weight excluding hydrogens is 510 g/mol. The van der Waals surface area contributed by atoms with Crippen LogP contribution in [0.5, 0.6) is 0 Å². The van der Waals surface area contributed by atoms with Crippen LogP contribution >= 0.6 is 0 Å². The van der Waals surface area contributed by atoms with Crippen LogP contribution in [0.3, 0.4) is 0 Å². The van der Waals surface area contributed by atoms with Gasteiger partial charge >= 0.3 is 0 Å². The molecule has 0 bridgehead atoms. The molecule has 4 unspecified atom stereocenters. The lowest BCUT2D eigenvalue weighted by Crippen LogP contribution is -2.57. The molecule has 0 saturated carbocycles. The second kappa shape index (κ2) is 11.0. The molecule has 0 spiro atoms. The average molecular weight is 550 g/mol. The molecule has 2 N–H and O–H groups in total. The van der Waals surface area contributed by atoms with E-state index in [0.29, 0.717) is 5.92 Å². The Bertz CT molecular complexity index is 1700. The number of fused-ring (bicyclic) bond motifs is 1. The lowest BCUT2D eigenvalue weighted by molar-refractivity contribution is 0.441. The largest absolute Gasteiger partial charge is 0.354 e. The highest BCUT2D eigenvalue weighted by Gasteiger charge is 2.32. The number of nitrogens with one attached hydrogen (secondary N) is 2. The zero-order chi connectivity index (χ0) is 27.9. The maximum absolute atomic E-state index is 5.36. The van der Waals surface area contributed by atoms with E-state index >= 15 is 0 Å². The second-order valence-corrected chi connectivity index (χ2v) is 12.5. The molecule has 8 rings (SSSR count). The molecule has 1 aliphatic heterocycles. The quantitative estimate of drug-likeness (QED) is 0.400. The van der Waals surface area contributed by atoms with Crippen molar-refractivity contribution in [1.82, 2.24) is 10.6 Å². The number of hydrogen-bond acceptors (Lipinski definition) is 3. The summed E-state index contributed by atoms with van der Waals surface area (Å²) < 4.78 is 0. The van der Waals surface area contributed by atoms with Gasteiger partial charge in [-0.2, -0.15) is 0 Å². The number of amidine groups is 1. The second-order valence-electron chi connectivity index (χ2n) is 12.5. The van der Waals surface area contributed by atoms with Gasteiger partial charge in [-0.25, -0.2) is 4.99 Å². The Balaban J connectivity index is 1.07. The number of aliphatic imine (C=N–C) groups is 1. The van der Waals surface area contributed by atoms with Crippen LogP contribution in [0.4, 0.5) is 0 Å². The molecule has 0 radical (unpaired) electrons. The van der Waals surface area contributed by atoms with Crippen molar-refractivity contribution in [3.8, 4) is 0 Å². The molecule has 0 amide bonds. The minimum absolute atomic E-state index is 0.0479. The van der Waals surface area contributed by atoms with Crippen molar-refractivity contribution in [3.63, 3.8) is 0 Å². The molecule has 4 atom stereocenters. The van der Waals surface area contributed by atoms with Gasteiger partial charge in [0.2, 0.25) is 0 Å². The molecule has 1 heterocycles. The monoisotopic (exact) mass is 549 g/mol. The van der Waals surface area contributed by atoms with Gasteiger partial charge < -0.3 is 5.32 Å². The molecule has 0 fully saturated rings. The summed E-state index contributed by atoms with van der Waals surface area (Å²) in [5.41, 5.74) is 10.2.